The van der Waals surface area contributed by atoms with Crippen LogP contribution in [0.1, 0.15) is 86.0 Å². The van der Waals surface area contributed by atoms with E-state index in [0.29, 0.717) is 30.6 Å². The molecule has 4 aliphatic carbocycles. The predicted octanol–water partition coefficient (Wildman–Crippen LogP) is 5.49. The van der Waals surface area contributed by atoms with Crippen LogP contribution >= 0.6 is 11.8 Å². The highest BCUT2D eigenvalue weighted by molar-refractivity contribution is 8.14. The second kappa shape index (κ2) is 7.21. The number of allylic oxidation sites excluding steroid dienone is 1. The van der Waals surface area contributed by atoms with Crippen molar-refractivity contribution in [1.29, 1.82) is 0 Å². The van der Waals surface area contributed by atoms with E-state index in [0.717, 1.165) is 44.9 Å². The predicted molar refractivity (Wildman–Crippen MR) is 119 cm³/mol. The van der Waals surface area contributed by atoms with Crippen molar-refractivity contribution in [2.24, 2.45) is 28.6 Å². The molecule has 0 bridgehead atoms. The number of ether oxygens (including phenoxy) is 1. The first-order chi connectivity index (χ1) is 13.7. The average Bonchev–Trinajstić information content (AvgIpc) is 3.17. The highest BCUT2D eigenvalue weighted by Crippen LogP contribution is 2.70. The van der Waals surface area contributed by atoms with E-state index in [1.165, 1.54) is 17.3 Å². The topological polar surface area (TPSA) is 60.4 Å². The van der Waals surface area contributed by atoms with Crippen molar-refractivity contribution >= 4 is 28.6 Å². The Morgan fingerprint density at radius 1 is 1.07 bits per heavy atom. The zero-order valence-corrected chi connectivity index (χ0v) is 18.6. The van der Waals surface area contributed by atoms with Crippen LogP contribution in [-0.4, -0.2) is 27.7 Å². The molecule has 5 aliphatic rings. The molecule has 1 spiro atoms. The van der Waals surface area contributed by atoms with Gasteiger partial charge in [-0.3, -0.25) is 14.4 Å². The molecule has 5 heteroatoms. The minimum Gasteiger partial charge on any atom is -0.458 e. The van der Waals surface area contributed by atoms with E-state index in [1.807, 2.05) is 6.08 Å². The van der Waals surface area contributed by atoms with Gasteiger partial charge in [0.15, 0.2) is 10.9 Å². The maximum absolute atomic E-state index is 12.4. The Morgan fingerprint density at radius 3 is 2.47 bits per heavy atom. The van der Waals surface area contributed by atoms with E-state index >= 15 is 0 Å². The normalized spacial score (nSPS) is 47.0. The molecule has 1 heterocycles. The Balaban J connectivity index is 0.00000218. The lowest BCUT2D eigenvalue weighted by atomic mass is 9.46. The number of carbonyl (C=O) groups excluding carboxylic acids is 3. The fraction of sp³-hybridized carbons (Fsp3) is 0.800. The lowest BCUT2D eigenvalue weighted by molar-refractivity contribution is -0.167. The van der Waals surface area contributed by atoms with Crippen molar-refractivity contribution in [2.75, 3.05) is 0 Å². The molecule has 1 saturated heterocycles. The molecule has 3 saturated carbocycles. The molecule has 4 fully saturated rings. The third-order valence-corrected chi connectivity index (χ3v) is 10.9. The Hall–Kier alpha value is -1.10. The quantitative estimate of drug-likeness (QED) is 0.513. The largest absolute Gasteiger partial charge is 0.458 e. The van der Waals surface area contributed by atoms with E-state index < -0.39 is 0 Å². The molecule has 30 heavy (non-hydrogen) atoms. The summed E-state index contributed by atoms with van der Waals surface area (Å²) in [5.74, 6) is 1.85. The number of esters is 1. The summed E-state index contributed by atoms with van der Waals surface area (Å²) in [4.78, 5) is 36.4. The zero-order chi connectivity index (χ0) is 20.6. The molecule has 7 unspecified atom stereocenters. The summed E-state index contributed by atoms with van der Waals surface area (Å²) in [7, 11) is 0. The van der Waals surface area contributed by atoms with Gasteiger partial charge in [0.1, 0.15) is 5.60 Å². The van der Waals surface area contributed by atoms with Gasteiger partial charge < -0.3 is 4.74 Å². The summed E-state index contributed by atoms with van der Waals surface area (Å²) in [6.45, 7) is 6.36. The first kappa shape index (κ1) is 22.1. The van der Waals surface area contributed by atoms with Crippen LogP contribution in [0.25, 0.3) is 0 Å². The molecule has 0 aromatic rings. The van der Waals surface area contributed by atoms with Gasteiger partial charge in [0.25, 0.3) is 0 Å². The van der Waals surface area contributed by atoms with Gasteiger partial charge in [0, 0.05) is 35.8 Å². The van der Waals surface area contributed by atoms with Crippen LogP contribution in [-0.2, 0) is 19.1 Å². The fourth-order valence-corrected chi connectivity index (χ4v) is 9.46. The molecular weight excluding hydrogens is 396 g/mol. The lowest BCUT2D eigenvalue weighted by Gasteiger charge is -2.60. The molecular formula is C25H36O4S. The third-order valence-electron chi connectivity index (χ3n) is 9.68. The zero-order valence-electron chi connectivity index (χ0n) is 17.8. The van der Waals surface area contributed by atoms with Gasteiger partial charge in [-0.1, -0.05) is 38.6 Å². The van der Waals surface area contributed by atoms with Crippen LogP contribution in [0.5, 0.6) is 0 Å². The monoisotopic (exact) mass is 432 g/mol. The number of carbonyl (C=O) groups is 3. The highest BCUT2D eigenvalue weighted by Gasteiger charge is 2.67. The van der Waals surface area contributed by atoms with Gasteiger partial charge in [0.05, 0.1) is 0 Å². The van der Waals surface area contributed by atoms with E-state index in [-0.39, 0.29) is 46.0 Å². The second-order valence-corrected chi connectivity index (χ2v) is 12.0. The second-order valence-electron chi connectivity index (χ2n) is 10.6. The summed E-state index contributed by atoms with van der Waals surface area (Å²) >= 11 is 1.39. The van der Waals surface area contributed by atoms with E-state index in [4.69, 9.17) is 4.74 Å². The van der Waals surface area contributed by atoms with Crippen molar-refractivity contribution in [2.45, 2.75) is 96.8 Å². The minimum atomic E-state index is -0.243. The highest BCUT2D eigenvalue weighted by atomic mass is 32.2. The van der Waals surface area contributed by atoms with Gasteiger partial charge in [0.2, 0.25) is 0 Å². The van der Waals surface area contributed by atoms with Gasteiger partial charge in [-0.2, -0.15) is 0 Å². The number of rotatable bonds is 1. The number of ketones is 1. The number of fused-ring (bicyclic) bond motifs is 6. The number of hydrogen-bond acceptors (Lipinski definition) is 5. The van der Waals surface area contributed by atoms with E-state index in [2.05, 4.69) is 13.8 Å². The van der Waals surface area contributed by atoms with Crippen LogP contribution in [0.4, 0.5) is 0 Å². The van der Waals surface area contributed by atoms with Crippen molar-refractivity contribution < 1.29 is 19.1 Å². The molecule has 5 rings (SSSR count). The van der Waals surface area contributed by atoms with Crippen molar-refractivity contribution in [1.82, 2.24) is 0 Å². The summed E-state index contributed by atoms with van der Waals surface area (Å²) in [5.41, 5.74) is 1.05. The summed E-state index contributed by atoms with van der Waals surface area (Å²) in [6.07, 6.45) is 10.3. The molecule has 1 aliphatic heterocycles. The smallest absolute Gasteiger partial charge is 0.306 e. The Bertz CT molecular complexity index is 818. The Labute approximate surface area is 185 Å². The molecule has 4 nitrogen and oxygen atoms in total. The molecule has 166 valence electrons. The number of thioether (sulfide) groups is 1. The number of hydrogen-bond donors (Lipinski definition) is 0. The molecule has 0 N–H and O–H groups in total. The van der Waals surface area contributed by atoms with Crippen LogP contribution in [0.3, 0.4) is 0 Å². The summed E-state index contributed by atoms with van der Waals surface area (Å²) < 4.78 is 6.04. The summed E-state index contributed by atoms with van der Waals surface area (Å²) in [6, 6.07) is 0. The van der Waals surface area contributed by atoms with Gasteiger partial charge in [-0.05, 0) is 68.8 Å². The standard InChI is InChI=1S/C24H32O4S.CH4/c1-14(25)29-20-13-16(26)12-15-4-5-17-18-7-10-24(11-8-21(27)28-24)22(18,2)9-6-19(17)23(15,20)3;/h12,17-20H,4-11,13H2,1-3H3;1H4. The molecule has 0 radical (unpaired) electrons. The Morgan fingerprint density at radius 2 is 1.80 bits per heavy atom. The average molecular weight is 433 g/mol. The Kier molecular flexibility index (Phi) is 5.32. The van der Waals surface area contributed by atoms with Gasteiger partial charge in [-0.15, -0.1) is 0 Å². The first-order valence-corrected chi connectivity index (χ1v) is 12.2. The lowest BCUT2D eigenvalue weighted by Crippen LogP contribution is -2.57. The SMILES string of the molecule is C.CC(=O)SC1CC(=O)C=C2CCC3C(CCC4(C)C3CCC43CCC(=O)O3)C21C. The van der Waals surface area contributed by atoms with Crippen LogP contribution in [0, 0.1) is 28.6 Å². The van der Waals surface area contributed by atoms with E-state index in [1.54, 1.807) is 6.92 Å². The summed E-state index contributed by atoms with van der Waals surface area (Å²) in [5, 5.41) is 0.176. The van der Waals surface area contributed by atoms with Crippen molar-refractivity contribution in [3.8, 4) is 0 Å². The van der Waals surface area contributed by atoms with Crippen molar-refractivity contribution in [3.05, 3.63) is 11.6 Å². The van der Waals surface area contributed by atoms with Crippen LogP contribution in [0.15, 0.2) is 11.6 Å². The van der Waals surface area contributed by atoms with Crippen molar-refractivity contribution in [3.63, 3.8) is 0 Å². The van der Waals surface area contributed by atoms with E-state index in [9.17, 15) is 14.4 Å². The molecule has 0 aromatic carbocycles. The van der Waals surface area contributed by atoms with Gasteiger partial charge >= 0.3 is 5.97 Å². The maximum atomic E-state index is 12.4. The fourth-order valence-electron chi connectivity index (χ4n) is 8.24. The third kappa shape index (κ3) is 2.83. The van der Waals surface area contributed by atoms with Crippen LogP contribution in [0.2, 0.25) is 0 Å². The minimum absolute atomic E-state index is 0. The van der Waals surface area contributed by atoms with Gasteiger partial charge in [-0.25, -0.2) is 0 Å². The molecule has 0 amide bonds. The molecule has 0 aromatic heterocycles. The maximum Gasteiger partial charge on any atom is 0.306 e. The van der Waals surface area contributed by atoms with Crippen LogP contribution < -0.4 is 0 Å². The first-order valence-electron chi connectivity index (χ1n) is 11.3. The molecule has 7 atom stereocenters.